The van der Waals surface area contributed by atoms with Crippen LogP contribution in [0.15, 0.2) is 48.5 Å². The summed E-state index contributed by atoms with van der Waals surface area (Å²) in [5.41, 5.74) is 3.99. The first-order valence-electron chi connectivity index (χ1n) is 11.0. The fraction of sp³-hybridized carbons (Fsp3) is 0.417. The van der Waals surface area contributed by atoms with E-state index in [1.54, 1.807) is 17.0 Å². The summed E-state index contributed by atoms with van der Waals surface area (Å²) in [4.78, 5) is 28.6. The Balaban J connectivity index is 1.45. The molecule has 1 aliphatic heterocycles. The summed E-state index contributed by atoms with van der Waals surface area (Å²) in [7, 11) is 0. The van der Waals surface area contributed by atoms with Crippen LogP contribution in [0.5, 0.6) is 0 Å². The van der Waals surface area contributed by atoms with Crippen LogP contribution in [-0.4, -0.2) is 77.8 Å². The van der Waals surface area contributed by atoms with Crippen LogP contribution in [0, 0.1) is 0 Å². The number of hydroxylamine groups is 2. The number of hydrogen-bond acceptors (Lipinski definition) is 4. The van der Waals surface area contributed by atoms with Crippen LogP contribution < -0.4 is 5.32 Å². The Labute approximate surface area is 184 Å². The van der Waals surface area contributed by atoms with Crippen molar-refractivity contribution in [2.45, 2.75) is 20.3 Å². The van der Waals surface area contributed by atoms with Gasteiger partial charge in [-0.3, -0.25) is 10.0 Å². The molecule has 1 fully saturated rings. The molecule has 0 radical (unpaired) electrons. The van der Waals surface area contributed by atoms with Gasteiger partial charge in [0.25, 0.3) is 5.91 Å². The molecule has 7 nitrogen and oxygen atoms in total. The molecular weight excluding hydrogens is 392 g/mol. The Morgan fingerprint density at radius 1 is 0.935 bits per heavy atom. The van der Waals surface area contributed by atoms with Crippen LogP contribution in [0.4, 0.5) is 4.79 Å². The van der Waals surface area contributed by atoms with Gasteiger partial charge in [-0.1, -0.05) is 50.2 Å². The van der Waals surface area contributed by atoms with Crippen LogP contribution in [-0.2, 0) is 6.42 Å². The Bertz CT molecular complexity index is 859. The van der Waals surface area contributed by atoms with Crippen molar-refractivity contribution < 1.29 is 14.8 Å². The monoisotopic (exact) mass is 424 g/mol. The number of nitrogens with one attached hydrogen (secondary N) is 1. The van der Waals surface area contributed by atoms with Crippen LogP contribution >= 0.6 is 0 Å². The molecule has 1 saturated heterocycles. The largest absolute Gasteiger partial charge is 0.350 e. The topological polar surface area (TPSA) is 76.1 Å². The average Bonchev–Trinajstić information content (AvgIpc) is 2.83. The van der Waals surface area contributed by atoms with Gasteiger partial charge in [0, 0.05) is 38.3 Å². The van der Waals surface area contributed by atoms with E-state index in [0.717, 1.165) is 37.2 Å². The third-order valence-electron chi connectivity index (χ3n) is 5.76. The molecule has 1 aliphatic rings. The fourth-order valence-corrected chi connectivity index (χ4v) is 3.64. The number of likely N-dealkylation sites (N-methyl/N-ethyl adjacent to an activating group) is 1. The molecule has 0 bridgehead atoms. The Hall–Kier alpha value is -2.90. The van der Waals surface area contributed by atoms with E-state index >= 15 is 0 Å². The summed E-state index contributed by atoms with van der Waals surface area (Å²) in [6.45, 7) is 8.22. The molecule has 2 N–H and O–H groups in total. The van der Waals surface area contributed by atoms with Crippen LogP contribution in [0.25, 0.3) is 11.1 Å². The number of benzene rings is 2. The minimum Gasteiger partial charge on any atom is -0.350 e. The number of nitrogens with zero attached hydrogens (tertiary/aromatic N) is 3. The van der Waals surface area contributed by atoms with Crippen molar-refractivity contribution in [3.05, 3.63) is 59.7 Å². The van der Waals surface area contributed by atoms with Crippen molar-refractivity contribution in [3.8, 4) is 11.1 Å². The molecule has 1 heterocycles. The molecule has 166 valence electrons. The molecule has 0 aromatic heterocycles. The van der Waals surface area contributed by atoms with Gasteiger partial charge < -0.3 is 15.1 Å². The van der Waals surface area contributed by atoms with E-state index < -0.39 is 6.03 Å². The molecule has 0 aliphatic carbocycles. The van der Waals surface area contributed by atoms with Gasteiger partial charge in [-0.15, -0.1) is 0 Å². The van der Waals surface area contributed by atoms with Crippen molar-refractivity contribution >= 4 is 11.9 Å². The molecule has 31 heavy (non-hydrogen) atoms. The molecule has 0 saturated carbocycles. The van der Waals surface area contributed by atoms with Gasteiger partial charge in [0.2, 0.25) is 0 Å². The lowest BCUT2D eigenvalue weighted by atomic mass is 10.0. The van der Waals surface area contributed by atoms with E-state index in [1.807, 2.05) is 12.1 Å². The van der Waals surface area contributed by atoms with Crippen molar-refractivity contribution in [2.75, 3.05) is 45.8 Å². The van der Waals surface area contributed by atoms with Crippen LogP contribution in [0.1, 0.15) is 29.8 Å². The Kier molecular flexibility index (Phi) is 8.03. The number of carbonyl (C=O) groups excluding carboxylic acids is 2. The van der Waals surface area contributed by atoms with E-state index in [-0.39, 0.29) is 19.0 Å². The maximum atomic E-state index is 12.4. The van der Waals surface area contributed by atoms with E-state index in [9.17, 15) is 14.8 Å². The lowest BCUT2D eigenvalue weighted by Gasteiger charge is -2.35. The predicted molar refractivity (Wildman–Crippen MR) is 121 cm³/mol. The first-order chi connectivity index (χ1) is 15.0. The highest BCUT2D eigenvalue weighted by Gasteiger charge is 2.23. The van der Waals surface area contributed by atoms with Gasteiger partial charge >= 0.3 is 6.03 Å². The third-order valence-corrected chi connectivity index (χ3v) is 5.76. The Morgan fingerprint density at radius 3 is 2.06 bits per heavy atom. The minimum atomic E-state index is -0.413. The summed E-state index contributed by atoms with van der Waals surface area (Å²) < 4.78 is 0. The molecule has 2 aromatic rings. The zero-order valence-corrected chi connectivity index (χ0v) is 18.4. The number of urea groups is 1. The summed E-state index contributed by atoms with van der Waals surface area (Å²) in [6, 6.07) is 15.4. The van der Waals surface area contributed by atoms with Gasteiger partial charge in [0.15, 0.2) is 0 Å². The first-order valence-corrected chi connectivity index (χ1v) is 11.0. The average molecular weight is 425 g/mol. The minimum absolute atomic E-state index is 0.0421. The number of hydrogen-bond donors (Lipinski definition) is 2. The first kappa shape index (κ1) is 22.8. The van der Waals surface area contributed by atoms with Crippen molar-refractivity contribution in [3.63, 3.8) is 0 Å². The van der Waals surface area contributed by atoms with E-state index in [0.29, 0.717) is 23.7 Å². The highest BCUT2D eigenvalue weighted by molar-refractivity contribution is 5.94. The summed E-state index contributed by atoms with van der Waals surface area (Å²) in [5, 5.41) is 13.5. The number of rotatable bonds is 7. The second-order valence-corrected chi connectivity index (χ2v) is 7.71. The summed E-state index contributed by atoms with van der Waals surface area (Å²) in [5.74, 6) is -0.231. The van der Waals surface area contributed by atoms with Crippen molar-refractivity contribution in [2.24, 2.45) is 0 Å². The molecule has 0 unspecified atom stereocenters. The lowest BCUT2D eigenvalue weighted by molar-refractivity contribution is -0.0584. The summed E-state index contributed by atoms with van der Waals surface area (Å²) >= 11 is 0. The van der Waals surface area contributed by atoms with Gasteiger partial charge in [0.05, 0.1) is 6.54 Å². The number of carbonyl (C=O) groups is 2. The third kappa shape index (κ3) is 6.06. The quantitative estimate of drug-likeness (QED) is 0.529. The second kappa shape index (κ2) is 10.9. The zero-order valence-electron chi connectivity index (χ0n) is 18.4. The zero-order chi connectivity index (χ0) is 22.2. The van der Waals surface area contributed by atoms with Gasteiger partial charge in [-0.2, -0.15) is 0 Å². The van der Waals surface area contributed by atoms with E-state index in [1.165, 1.54) is 5.56 Å². The lowest BCUT2D eigenvalue weighted by Crippen LogP contribution is -2.52. The molecular formula is C24H32N4O3. The fourth-order valence-electron chi connectivity index (χ4n) is 3.64. The smallest absolute Gasteiger partial charge is 0.343 e. The highest BCUT2D eigenvalue weighted by Crippen LogP contribution is 2.20. The number of piperazine rings is 1. The predicted octanol–water partition coefficient (Wildman–Crippen LogP) is 3.09. The van der Waals surface area contributed by atoms with Gasteiger partial charge in [-0.05, 0) is 41.8 Å². The van der Waals surface area contributed by atoms with Crippen LogP contribution in [0.3, 0.4) is 0 Å². The molecule has 7 heteroatoms. The normalized spacial score (nSPS) is 14.4. The molecule has 0 spiro atoms. The van der Waals surface area contributed by atoms with Crippen molar-refractivity contribution in [1.82, 2.24) is 20.2 Å². The Morgan fingerprint density at radius 2 is 1.52 bits per heavy atom. The summed E-state index contributed by atoms with van der Waals surface area (Å²) in [6.07, 6.45) is 1.01. The number of amides is 3. The SMILES string of the molecule is CCc1ccc(-c2ccc(C(=O)NCCN(O)C(=O)N3CCN(CC)CC3)cc2)cc1. The molecule has 0 atom stereocenters. The maximum Gasteiger partial charge on any atom is 0.343 e. The molecule has 3 rings (SSSR count). The van der Waals surface area contributed by atoms with Crippen molar-refractivity contribution in [1.29, 1.82) is 0 Å². The van der Waals surface area contributed by atoms with E-state index in [4.69, 9.17) is 0 Å². The maximum absolute atomic E-state index is 12.4. The highest BCUT2D eigenvalue weighted by atomic mass is 16.5. The second-order valence-electron chi connectivity index (χ2n) is 7.71. The van der Waals surface area contributed by atoms with Gasteiger partial charge in [0.1, 0.15) is 0 Å². The molecule has 3 amide bonds. The van der Waals surface area contributed by atoms with Gasteiger partial charge in [-0.25, -0.2) is 9.86 Å². The standard InChI is InChI=1S/C24H32N4O3/c1-3-19-5-7-20(8-6-19)21-9-11-22(12-10-21)23(29)25-13-14-28(31)24(30)27-17-15-26(4-2)16-18-27/h5-12,31H,3-4,13-18H2,1-2H3,(H,25,29). The van der Waals surface area contributed by atoms with E-state index in [2.05, 4.69) is 48.3 Å². The number of aryl methyl sites for hydroxylation is 1. The molecule has 2 aromatic carbocycles. The van der Waals surface area contributed by atoms with Crippen LogP contribution in [0.2, 0.25) is 0 Å².